The van der Waals surface area contributed by atoms with Gasteiger partial charge in [-0.3, -0.25) is 0 Å². The van der Waals surface area contributed by atoms with Crippen molar-refractivity contribution in [1.29, 1.82) is 0 Å². The molecule has 1 saturated heterocycles. The van der Waals surface area contributed by atoms with E-state index in [0.29, 0.717) is 38.2 Å². The molecule has 2 aromatic rings. The number of benzene rings is 1. The van der Waals surface area contributed by atoms with Gasteiger partial charge in [-0.05, 0) is 17.7 Å². The number of nitrogens with zero attached hydrogens (tertiary/aromatic N) is 7. The first-order valence-electron chi connectivity index (χ1n) is 10.5. The van der Waals surface area contributed by atoms with E-state index in [9.17, 15) is 18.0 Å². The molecule has 1 aromatic heterocycles. The fourth-order valence-corrected chi connectivity index (χ4v) is 3.94. The molecule has 4 rings (SSSR count). The number of hydrogen-bond donors (Lipinski definition) is 2. The molecule has 180 valence electrons. The minimum absolute atomic E-state index is 0.0347. The SMILES string of the molecule is CN(N)/C(=C\N)c1nc(N2CCN(C(=O)N3N=CCC3c3cc(F)cc(F)c3)CC2)ncc1F. The highest BCUT2D eigenvalue weighted by Crippen LogP contribution is 2.30. The Hall–Kier alpha value is -3.87. The summed E-state index contributed by atoms with van der Waals surface area (Å²) in [6.07, 6.45) is 4.10. The summed E-state index contributed by atoms with van der Waals surface area (Å²) in [5, 5.41) is 6.53. The molecule has 1 atom stereocenters. The van der Waals surface area contributed by atoms with Crippen LogP contribution in [0.3, 0.4) is 0 Å². The lowest BCUT2D eigenvalue weighted by Gasteiger charge is -2.37. The monoisotopic (exact) mass is 475 g/mol. The van der Waals surface area contributed by atoms with Crippen LogP contribution in [0.25, 0.3) is 5.70 Å². The van der Waals surface area contributed by atoms with E-state index in [-0.39, 0.29) is 23.4 Å². The third-order valence-corrected chi connectivity index (χ3v) is 5.64. The van der Waals surface area contributed by atoms with Gasteiger partial charge in [-0.1, -0.05) is 0 Å². The molecule has 10 nitrogen and oxygen atoms in total. The van der Waals surface area contributed by atoms with Crippen LogP contribution >= 0.6 is 0 Å². The van der Waals surface area contributed by atoms with Crippen LogP contribution in [0.15, 0.2) is 35.7 Å². The van der Waals surface area contributed by atoms with Crippen LogP contribution in [-0.2, 0) is 0 Å². The van der Waals surface area contributed by atoms with Crippen LogP contribution in [0.2, 0.25) is 0 Å². The molecule has 0 radical (unpaired) electrons. The van der Waals surface area contributed by atoms with E-state index in [1.54, 1.807) is 11.1 Å². The van der Waals surface area contributed by atoms with E-state index < -0.39 is 23.5 Å². The zero-order valence-electron chi connectivity index (χ0n) is 18.4. The molecule has 2 aliphatic rings. The van der Waals surface area contributed by atoms with E-state index in [4.69, 9.17) is 11.6 Å². The van der Waals surface area contributed by atoms with Crippen molar-refractivity contribution < 1.29 is 18.0 Å². The average Bonchev–Trinajstić information content (AvgIpc) is 3.30. The van der Waals surface area contributed by atoms with Gasteiger partial charge >= 0.3 is 6.03 Å². The first-order valence-corrected chi connectivity index (χ1v) is 10.5. The number of carbonyl (C=O) groups is 1. The molecule has 1 aromatic carbocycles. The molecule has 4 N–H and O–H groups in total. The average molecular weight is 475 g/mol. The first kappa shape index (κ1) is 23.3. The largest absolute Gasteiger partial charge is 0.403 e. The van der Waals surface area contributed by atoms with Gasteiger partial charge in [0, 0.05) is 58.1 Å². The van der Waals surface area contributed by atoms with E-state index in [0.717, 1.165) is 23.5 Å². The fraction of sp³-hybridized carbons (Fsp3) is 0.333. The number of hydrazine groups is 1. The van der Waals surface area contributed by atoms with E-state index >= 15 is 0 Å². The van der Waals surface area contributed by atoms with Crippen molar-refractivity contribution in [3.63, 3.8) is 0 Å². The molecule has 2 amide bonds. The maximum atomic E-state index is 14.3. The summed E-state index contributed by atoms with van der Waals surface area (Å²) in [6.45, 7) is 1.41. The molecule has 1 fully saturated rings. The Balaban J connectivity index is 1.45. The summed E-state index contributed by atoms with van der Waals surface area (Å²) in [6, 6.07) is 2.22. The lowest BCUT2D eigenvalue weighted by Crippen LogP contribution is -2.52. The topological polar surface area (TPSA) is 120 Å². The lowest BCUT2D eigenvalue weighted by atomic mass is 10.0. The number of halogens is 3. The van der Waals surface area contributed by atoms with Crippen molar-refractivity contribution in [3.8, 4) is 0 Å². The van der Waals surface area contributed by atoms with Gasteiger partial charge in [-0.2, -0.15) is 5.10 Å². The smallest absolute Gasteiger partial charge is 0.341 e. The van der Waals surface area contributed by atoms with Crippen LogP contribution in [0.1, 0.15) is 23.7 Å². The quantitative estimate of drug-likeness (QED) is 0.509. The van der Waals surface area contributed by atoms with Gasteiger partial charge in [0.15, 0.2) is 5.82 Å². The number of hydrogen-bond acceptors (Lipinski definition) is 8. The van der Waals surface area contributed by atoms with Crippen LogP contribution in [0.4, 0.5) is 23.9 Å². The molecular formula is C21H24F3N9O. The zero-order chi connectivity index (χ0) is 24.4. The summed E-state index contributed by atoms with van der Waals surface area (Å²) < 4.78 is 41.6. The number of urea groups is 1. The van der Waals surface area contributed by atoms with E-state index in [2.05, 4.69) is 15.1 Å². The molecule has 1 unspecified atom stereocenters. The Morgan fingerprint density at radius 1 is 1.15 bits per heavy atom. The number of anilines is 1. The summed E-state index contributed by atoms with van der Waals surface area (Å²) in [4.78, 5) is 24.8. The summed E-state index contributed by atoms with van der Waals surface area (Å²) in [5.74, 6) is 3.88. The second-order valence-corrected chi connectivity index (χ2v) is 7.88. The predicted octanol–water partition coefficient (Wildman–Crippen LogP) is 1.63. The summed E-state index contributed by atoms with van der Waals surface area (Å²) >= 11 is 0. The highest BCUT2D eigenvalue weighted by molar-refractivity contribution is 5.78. The van der Waals surface area contributed by atoms with Gasteiger partial charge in [0.25, 0.3) is 0 Å². The van der Waals surface area contributed by atoms with Crippen LogP contribution in [0, 0.1) is 17.5 Å². The highest BCUT2D eigenvalue weighted by atomic mass is 19.1. The molecule has 2 aliphatic heterocycles. The highest BCUT2D eigenvalue weighted by Gasteiger charge is 2.34. The van der Waals surface area contributed by atoms with Crippen LogP contribution in [-0.4, -0.2) is 70.4 Å². The van der Waals surface area contributed by atoms with Crippen molar-refractivity contribution in [2.24, 2.45) is 16.7 Å². The molecule has 0 saturated carbocycles. The minimum atomic E-state index is -0.713. The molecule has 0 spiro atoms. The zero-order valence-corrected chi connectivity index (χ0v) is 18.4. The number of hydrazone groups is 1. The number of amides is 2. The fourth-order valence-electron chi connectivity index (χ4n) is 3.94. The van der Waals surface area contributed by atoms with Gasteiger partial charge in [-0.25, -0.2) is 38.8 Å². The maximum absolute atomic E-state index is 14.3. The van der Waals surface area contributed by atoms with Crippen LogP contribution in [0.5, 0.6) is 0 Å². The molecule has 34 heavy (non-hydrogen) atoms. The number of nitrogens with two attached hydrogens (primary N) is 2. The maximum Gasteiger partial charge on any atom is 0.341 e. The number of rotatable bonds is 4. The van der Waals surface area contributed by atoms with Gasteiger partial charge in [0.2, 0.25) is 5.95 Å². The Bertz CT molecular complexity index is 1110. The second-order valence-electron chi connectivity index (χ2n) is 7.88. The number of piperazine rings is 1. The van der Waals surface area contributed by atoms with Gasteiger partial charge in [0.1, 0.15) is 17.3 Å². The Kier molecular flexibility index (Phi) is 6.54. The molecule has 3 heterocycles. The standard InChI is InChI=1S/C21H24F3N9O/c1-30(26)18(11-25)19-16(24)12-27-20(29-19)31-4-6-32(7-5-31)21(34)33-17(2-3-28-33)13-8-14(22)10-15(23)9-13/h3,8-12,17H,2,4-7,25-26H2,1H3/b18-11-. The molecule has 0 aliphatic carbocycles. The minimum Gasteiger partial charge on any atom is -0.403 e. The summed E-state index contributed by atoms with van der Waals surface area (Å²) in [5.41, 5.74) is 6.06. The summed E-state index contributed by atoms with van der Waals surface area (Å²) in [7, 11) is 1.51. The third kappa shape index (κ3) is 4.59. The van der Waals surface area contributed by atoms with Gasteiger partial charge in [-0.15, -0.1) is 0 Å². The molecule has 13 heteroatoms. The lowest BCUT2D eigenvalue weighted by molar-refractivity contribution is 0.139. The van der Waals surface area contributed by atoms with Crippen LogP contribution < -0.4 is 16.5 Å². The third-order valence-electron chi connectivity index (χ3n) is 5.64. The van der Waals surface area contributed by atoms with Crippen molar-refractivity contribution in [3.05, 3.63) is 59.3 Å². The second kappa shape index (κ2) is 9.55. The van der Waals surface area contributed by atoms with E-state index in [1.807, 2.05) is 4.90 Å². The number of aromatic nitrogens is 2. The Labute approximate surface area is 193 Å². The molecule has 0 bridgehead atoms. The van der Waals surface area contributed by atoms with Gasteiger partial charge < -0.3 is 20.5 Å². The van der Waals surface area contributed by atoms with Crippen molar-refractivity contribution in [2.45, 2.75) is 12.5 Å². The van der Waals surface area contributed by atoms with Crippen molar-refractivity contribution >= 4 is 23.9 Å². The van der Waals surface area contributed by atoms with Crippen molar-refractivity contribution in [1.82, 2.24) is 24.9 Å². The number of carbonyl (C=O) groups excluding carboxylic acids is 1. The molecular weight excluding hydrogens is 451 g/mol. The normalized spacial score (nSPS) is 18.6. The van der Waals surface area contributed by atoms with Crippen molar-refractivity contribution in [2.75, 3.05) is 38.1 Å². The first-order chi connectivity index (χ1) is 16.3. The Morgan fingerprint density at radius 2 is 1.82 bits per heavy atom. The van der Waals surface area contributed by atoms with Gasteiger partial charge in [0.05, 0.1) is 17.9 Å². The predicted molar refractivity (Wildman–Crippen MR) is 119 cm³/mol. The van der Waals surface area contributed by atoms with E-state index in [1.165, 1.54) is 24.2 Å². The Morgan fingerprint density at radius 3 is 2.44 bits per heavy atom.